The molecule has 1 N–H and O–H groups in total. The lowest BCUT2D eigenvalue weighted by Crippen LogP contribution is -2.52. The minimum atomic E-state index is 0.0436. The summed E-state index contributed by atoms with van der Waals surface area (Å²) in [5.74, 6) is 1.24. The number of hydrogen-bond acceptors (Lipinski definition) is 2. The molecule has 2 aliphatic rings. The van der Waals surface area contributed by atoms with Gasteiger partial charge in [0.2, 0.25) is 5.91 Å². The number of likely N-dealkylation sites (tertiary alicyclic amines) is 2. The molecule has 28 heavy (non-hydrogen) atoms. The van der Waals surface area contributed by atoms with E-state index in [4.69, 9.17) is 0 Å². The van der Waals surface area contributed by atoms with Crippen molar-refractivity contribution in [2.45, 2.75) is 58.4 Å². The number of carbonyl (C=O) groups is 2. The van der Waals surface area contributed by atoms with Crippen molar-refractivity contribution in [2.24, 2.45) is 11.8 Å². The fourth-order valence-corrected chi connectivity index (χ4v) is 4.38. The Balaban J connectivity index is 1.45. The van der Waals surface area contributed by atoms with Crippen molar-refractivity contribution in [1.82, 2.24) is 15.1 Å². The third-order valence-corrected chi connectivity index (χ3v) is 6.35. The second-order valence-electron chi connectivity index (χ2n) is 8.64. The van der Waals surface area contributed by atoms with Gasteiger partial charge in [-0.2, -0.15) is 0 Å². The van der Waals surface area contributed by atoms with E-state index in [1.54, 1.807) is 0 Å². The molecule has 0 aromatic heterocycles. The number of nitrogens with zero attached hydrogens (tertiary/aromatic N) is 2. The van der Waals surface area contributed by atoms with Crippen molar-refractivity contribution in [3.05, 3.63) is 35.9 Å². The molecule has 154 valence electrons. The molecule has 3 rings (SSSR count). The zero-order valence-electron chi connectivity index (χ0n) is 17.4. The van der Waals surface area contributed by atoms with E-state index in [1.165, 1.54) is 5.56 Å². The third kappa shape index (κ3) is 5.49. The molecule has 0 radical (unpaired) electrons. The van der Waals surface area contributed by atoms with E-state index in [1.807, 2.05) is 11.0 Å². The van der Waals surface area contributed by atoms with Gasteiger partial charge in [0.15, 0.2) is 0 Å². The van der Waals surface area contributed by atoms with Crippen LogP contribution in [0.3, 0.4) is 0 Å². The van der Waals surface area contributed by atoms with E-state index in [9.17, 15) is 9.59 Å². The standard InChI is InChI=1S/C23H35N3O2/c1-18(2)20(16-19-8-4-3-5-9-19)17-24-23(28)25-14-11-21(12-15-25)26-13-7-6-10-22(26)27/h3-5,8-9,18,20-21H,6-7,10-17H2,1-2H3,(H,24,28)/t20-/m0/s1. The fourth-order valence-electron chi connectivity index (χ4n) is 4.38. The predicted octanol–water partition coefficient (Wildman–Crippen LogP) is 3.69. The van der Waals surface area contributed by atoms with Gasteiger partial charge in [-0.1, -0.05) is 44.2 Å². The maximum atomic E-state index is 12.7. The monoisotopic (exact) mass is 385 g/mol. The van der Waals surface area contributed by atoms with Gasteiger partial charge in [-0.15, -0.1) is 0 Å². The zero-order chi connectivity index (χ0) is 19.9. The van der Waals surface area contributed by atoms with Crippen LogP contribution in [0, 0.1) is 11.8 Å². The maximum absolute atomic E-state index is 12.7. The molecule has 1 atom stereocenters. The average molecular weight is 386 g/mol. The van der Waals surface area contributed by atoms with Crippen molar-refractivity contribution >= 4 is 11.9 Å². The summed E-state index contributed by atoms with van der Waals surface area (Å²) < 4.78 is 0. The number of carbonyl (C=O) groups excluding carboxylic acids is 2. The molecule has 0 saturated carbocycles. The molecule has 3 amide bonds. The third-order valence-electron chi connectivity index (χ3n) is 6.35. The molecule has 0 spiro atoms. The first-order valence-electron chi connectivity index (χ1n) is 10.9. The molecule has 0 unspecified atom stereocenters. The summed E-state index contributed by atoms with van der Waals surface area (Å²) in [6.45, 7) is 7.53. The van der Waals surface area contributed by atoms with Gasteiger partial charge in [0.05, 0.1) is 0 Å². The number of hydrogen-bond donors (Lipinski definition) is 1. The summed E-state index contributed by atoms with van der Waals surface area (Å²) in [5, 5.41) is 3.16. The Bertz CT molecular complexity index is 639. The van der Waals surface area contributed by atoms with Crippen LogP contribution in [0.4, 0.5) is 4.79 Å². The van der Waals surface area contributed by atoms with Crippen LogP contribution in [-0.4, -0.2) is 54.0 Å². The highest BCUT2D eigenvalue weighted by Gasteiger charge is 2.30. The fraction of sp³-hybridized carbons (Fsp3) is 0.652. The van der Waals surface area contributed by atoms with Crippen LogP contribution in [0.5, 0.6) is 0 Å². The Morgan fingerprint density at radius 1 is 1.11 bits per heavy atom. The zero-order valence-corrected chi connectivity index (χ0v) is 17.4. The smallest absolute Gasteiger partial charge is 0.317 e. The van der Waals surface area contributed by atoms with Crippen LogP contribution in [0.2, 0.25) is 0 Å². The SMILES string of the molecule is CC(C)[C@H](CNC(=O)N1CCC(N2CCCCC2=O)CC1)Cc1ccccc1. The van der Waals surface area contributed by atoms with Crippen molar-refractivity contribution < 1.29 is 9.59 Å². The van der Waals surface area contributed by atoms with Gasteiger partial charge in [-0.05, 0) is 49.5 Å². The molecule has 0 aliphatic carbocycles. The Hall–Kier alpha value is -2.04. The highest BCUT2D eigenvalue weighted by Crippen LogP contribution is 2.22. The Kier molecular flexibility index (Phi) is 7.35. The first-order chi connectivity index (χ1) is 13.5. The number of amides is 3. The topological polar surface area (TPSA) is 52.7 Å². The summed E-state index contributed by atoms with van der Waals surface area (Å²) in [5.41, 5.74) is 1.32. The normalized spacial score (nSPS) is 19.8. The molecule has 1 aromatic rings. The minimum Gasteiger partial charge on any atom is -0.340 e. The Morgan fingerprint density at radius 2 is 1.82 bits per heavy atom. The second-order valence-corrected chi connectivity index (χ2v) is 8.64. The Morgan fingerprint density at radius 3 is 2.46 bits per heavy atom. The number of piperidine rings is 2. The molecular formula is C23H35N3O2. The molecule has 2 saturated heterocycles. The average Bonchev–Trinajstić information content (AvgIpc) is 2.72. The van der Waals surface area contributed by atoms with E-state index >= 15 is 0 Å². The first kappa shape index (κ1) is 20.7. The summed E-state index contributed by atoms with van der Waals surface area (Å²) >= 11 is 0. The predicted molar refractivity (Wildman–Crippen MR) is 112 cm³/mol. The lowest BCUT2D eigenvalue weighted by Gasteiger charge is -2.40. The van der Waals surface area contributed by atoms with Crippen molar-refractivity contribution in [2.75, 3.05) is 26.2 Å². The van der Waals surface area contributed by atoms with E-state index < -0.39 is 0 Å². The van der Waals surface area contributed by atoms with Gasteiger partial charge in [0, 0.05) is 38.6 Å². The number of nitrogens with one attached hydrogen (secondary N) is 1. The van der Waals surface area contributed by atoms with Crippen LogP contribution in [0.1, 0.15) is 51.5 Å². The van der Waals surface area contributed by atoms with Crippen LogP contribution >= 0.6 is 0 Å². The molecule has 0 bridgehead atoms. The van der Waals surface area contributed by atoms with E-state index in [-0.39, 0.29) is 6.03 Å². The van der Waals surface area contributed by atoms with Gasteiger partial charge in [0.1, 0.15) is 0 Å². The minimum absolute atomic E-state index is 0.0436. The molecule has 5 nitrogen and oxygen atoms in total. The molecule has 5 heteroatoms. The second kappa shape index (κ2) is 9.94. The van der Waals surface area contributed by atoms with E-state index in [2.05, 4.69) is 48.3 Å². The summed E-state index contributed by atoms with van der Waals surface area (Å²) in [7, 11) is 0. The van der Waals surface area contributed by atoms with E-state index in [0.29, 0.717) is 36.8 Å². The van der Waals surface area contributed by atoms with E-state index in [0.717, 1.165) is 51.7 Å². The van der Waals surface area contributed by atoms with Crippen LogP contribution in [0.25, 0.3) is 0 Å². The van der Waals surface area contributed by atoms with Crippen LogP contribution in [-0.2, 0) is 11.2 Å². The first-order valence-corrected chi connectivity index (χ1v) is 10.9. The molecular weight excluding hydrogens is 350 g/mol. The number of benzene rings is 1. The quantitative estimate of drug-likeness (QED) is 0.812. The van der Waals surface area contributed by atoms with Gasteiger partial charge >= 0.3 is 6.03 Å². The molecule has 1 aromatic carbocycles. The number of urea groups is 1. The Labute approximate surface area is 169 Å². The highest BCUT2D eigenvalue weighted by atomic mass is 16.2. The van der Waals surface area contributed by atoms with Gasteiger partial charge in [-0.25, -0.2) is 4.79 Å². The van der Waals surface area contributed by atoms with Crippen molar-refractivity contribution in [1.29, 1.82) is 0 Å². The lowest BCUT2D eigenvalue weighted by atomic mass is 9.89. The molecule has 2 heterocycles. The molecule has 2 aliphatic heterocycles. The lowest BCUT2D eigenvalue weighted by molar-refractivity contribution is -0.136. The maximum Gasteiger partial charge on any atom is 0.317 e. The van der Waals surface area contributed by atoms with Gasteiger partial charge in [0.25, 0.3) is 0 Å². The summed E-state index contributed by atoms with van der Waals surface area (Å²) in [6.07, 6.45) is 5.62. The summed E-state index contributed by atoms with van der Waals surface area (Å²) in [6, 6.07) is 10.9. The van der Waals surface area contributed by atoms with Crippen molar-refractivity contribution in [3.63, 3.8) is 0 Å². The highest BCUT2D eigenvalue weighted by molar-refractivity contribution is 5.77. The van der Waals surface area contributed by atoms with Gasteiger partial charge < -0.3 is 15.1 Å². The number of rotatable bonds is 6. The largest absolute Gasteiger partial charge is 0.340 e. The molecule has 2 fully saturated rings. The van der Waals surface area contributed by atoms with Crippen molar-refractivity contribution in [3.8, 4) is 0 Å². The summed E-state index contributed by atoms with van der Waals surface area (Å²) in [4.78, 5) is 28.8. The van der Waals surface area contributed by atoms with Crippen LogP contribution < -0.4 is 5.32 Å². The van der Waals surface area contributed by atoms with Gasteiger partial charge in [-0.3, -0.25) is 4.79 Å². The van der Waals surface area contributed by atoms with Crippen LogP contribution in [0.15, 0.2) is 30.3 Å².